The van der Waals surface area contributed by atoms with Gasteiger partial charge in [-0.2, -0.15) is 0 Å². The average molecular weight is 494 g/mol. The number of nitrogens with zero attached hydrogens (tertiary/aromatic N) is 2. The van der Waals surface area contributed by atoms with E-state index in [2.05, 4.69) is 10.3 Å². The Balaban J connectivity index is 1.76. The van der Waals surface area contributed by atoms with Crippen LogP contribution in [0.15, 0.2) is 47.5 Å². The largest absolute Gasteiger partial charge is 0.462 e. The number of aliphatic imine (C=N–C) groups is 1. The Labute approximate surface area is 200 Å². The fourth-order valence-electron chi connectivity index (χ4n) is 2.99. The third-order valence-electron chi connectivity index (χ3n) is 4.48. The highest BCUT2D eigenvalue weighted by Crippen LogP contribution is 2.31. The molecule has 1 atom stereocenters. The molecule has 0 bridgehead atoms. The van der Waals surface area contributed by atoms with Gasteiger partial charge in [0.1, 0.15) is 5.25 Å². The van der Waals surface area contributed by atoms with E-state index in [1.165, 1.54) is 16.7 Å². The smallest absolute Gasteiger partial charge is 0.338 e. The number of nitrogens with one attached hydrogen (secondary N) is 1. The van der Waals surface area contributed by atoms with Gasteiger partial charge in [-0.15, -0.1) is 0 Å². The fraction of sp³-hybridized carbons (Fsp3) is 0.273. The lowest BCUT2D eigenvalue weighted by Gasteiger charge is -2.31. The van der Waals surface area contributed by atoms with Crippen molar-refractivity contribution >= 4 is 69.3 Å². The number of amidine groups is 1. The summed E-state index contributed by atoms with van der Waals surface area (Å²) in [6, 6.07) is 11.2. The summed E-state index contributed by atoms with van der Waals surface area (Å²) in [5.74, 6) is -0.962. The maximum absolute atomic E-state index is 12.8. The van der Waals surface area contributed by atoms with Gasteiger partial charge < -0.3 is 10.1 Å². The first-order valence-corrected chi connectivity index (χ1v) is 11.5. The summed E-state index contributed by atoms with van der Waals surface area (Å²) in [6.07, 6.45) is 0.0422. The second-order valence-electron chi connectivity index (χ2n) is 6.76. The van der Waals surface area contributed by atoms with E-state index in [9.17, 15) is 14.4 Å². The molecule has 1 aliphatic heterocycles. The van der Waals surface area contributed by atoms with Crippen LogP contribution in [0.2, 0.25) is 10.0 Å². The van der Waals surface area contributed by atoms with Crippen molar-refractivity contribution < 1.29 is 19.1 Å². The minimum absolute atomic E-state index is 0.0422. The van der Waals surface area contributed by atoms with E-state index in [1.807, 2.05) is 6.92 Å². The molecule has 2 aromatic rings. The molecule has 1 unspecified atom stereocenters. The second kappa shape index (κ2) is 10.8. The van der Waals surface area contributed by atoms with Crippen LogP contribution < -0.4 is 5.32 Å². The van der Waals surface area contributed by atoms with Crippen molar-refractivity contribution in [3.05, 3.63) is 58.1 Å². The van der Waals surface area contributed by atoms with Crippen molar-refractivity contribution in [1.29, 1.82) is 0 Å². The Hall–Kier alpha value is -2.55. The zero-order valence-electron chi connectivity index (χ0n) is 17.4. The van der Waals surface area contributed by atoms with Gasteiger partial charge >= 0.3 is 5.97 Å². The third-order valence-corrected chi connectivity index (χ3v) is 6.11. The van der Waals surface area contributed by atoms with Crippen molar-refractivity contribution in [3.8, 4) is 0 Å². The van der Waals surface area contributed by atoms with E-state index < -0.39 is 11.2 Å². The first-order valence-electron chi connectivity index (χ1n) is 9.90. The summed E-state index contributed by atoms with van der Waals surface area (Å²) >= 11 is 13.3. The van der Waals surface area contributed by atoms with Gasteiger partial charge in [-0.05, 0) is 56.3 Å². The van der Waals surface area contributed by atoms with E-state index in [0.29, 0.717) is 38.7 Å². The molecule has 1 heterocycles. The van der Waals surface area contributed by atoms with Crippen LogP contribution in [0.3, 0.4) is 0 Å². The maximum atomic E-state index is 12.8. The molecule has 0 aromatic heterocycles. The number of benzene rings is 2. The molecule has 32 heavy (non-hydrogen) atoms. The van der Waals surface area contributed by atoms with Gasteiger partial charge in [0, 0.05) is 28.7 Å². The van der Waals surface area contributed by atoms with Crippen LogP contribution >= 0.6 is 35.0 Å². The SMILES string of the molecule is CCOC(=O)c1ccc(NC(=O)C2CC(=O)N(CC)C(=Nc3cc(Cl)cc(Cl)c3)S2)cc1. The third kappa shape index (κ3) is 6.03. The van der Waals surface area contributed by atoms with Crippen LogP contribution in [0, 0.1) is 0 Å². The first-order chi connectivity index (χ1) is 15.3. The second-order valence-corrected chi connectivity index (χ2v) is 8.80. The zero-order chi connectivity index (χ0) is 23.3. The lowest BCUT2D eigenvalue weighted by Crippen LogP contribution is -2.45. The monoisotopic (exact) mass is 493 g/mol. The van der Waals surface area contributed by atoms with E-state index in [1.54, 1.807) is 49.4 Å². The molecule has 1 N–H and O–H groups in total. The summed E-state index contributed by atoms with van der Waals surface area (Å²) < 4.78 is 4.95. The lowest BCUT2D eigenvalue weighted by molar-refractivity contribution is -0.129. The molecule has 10 heteroatoms. The Kier molecular flexibility index (Phi) is 8.17. The van der Waals surface area contributed by atoms with E-state index in [0.717, 1.165) is 0 Å². The Bertz CT molecular complexity index is 1040. The highest BCUT2D eigenvalue weighted by Gasteiger charge is 2.35. The normalized spacial score (nSPS) is 17.4. The number of carbonyl (C=O) groups is 3. The van der Waals surface area contributed by atoms with Crippen LogP contribution in [-0.2, 0) is 14.3 Å². The van der Waals surface area contributed by atoms with Crippen LogP contribution in [0.25, 0.3) is 0 Å². The summed E-state index contributed by atoms with van der Waals surface area (Å²) in [5.41, 5.74) is 1.39. The van der Waals surface area contributed by atoms with Gasteiger partial charge in [0.05, 0.1) is 17.9 Å². The predicted molar refractivity (Wildman–Crippen MR) is 128 cm³/mol. The maximum Gasteiger partial charge on any atom is 0.338 e. The van der Waals surface area contributed by atoms with E-state index in [-0.39, 0.29) is 24.8 Å². The number of carbonyl (C=O) groups excluding carboxylic acids is 3. The molecule has 0 aliphatic carbocycles. The van der Waals surface area contributed by atoms with Gasteiger partial charge in [-0.1, -0.05) is 35.0 Å². The molecule has 0 radical (unpaired) electrons. The molecule has 7 nitrogen and oxygen atoms in total. The molecule has 1 aliphatic rings. The minimum Gasteiger partial charge on any atom is -0.462 e. The molecular weight excluding hydrogens is 473 g/mol. The van der Waals surface area contributed by atoms with Gasteiger partial charge in [0.15, 0.2) is 5.17 Å². The number of esters is 1. The topological polar surface area (TPSA) is 88.1 Å². The number of hydrogen-bond donors (Lipinski definition) is 1. The lowest BCUT2D eigenvalue weighted by atomic mass is 10.2. The van der Waals surface area contributed by atoms with Gasteiger partial charge in [0.2, 0.25) is 11.8 Å². The van der Waals surface area contributed by atoms with Crippen molar-refractivity contribution in [2.45, 2.75) is 25.5 Å². The minimum atomic E-state index is -0.663. The van der Waals surface area contributed by atoms with Gasteiger partial charge in [-0.25, -0.2) is 9.79 Å². The standard InChI is InChI=1S/C22H21Cl2N3O4S/c1-3-27-19(28)12-18(32-22(27)26-17-10-14(23)9-15(24)11-17)20(29)25-16-7-5-13(6-8-16)21(30)31-4-2/h5-11,18H,3-4,12H2,1-2H3,(H,25,29). The number of anilines is 1. The number of hydrogen-bond acceptors (Lipinski definition) is 6. The van der Waals surface area contributed by atoms with Crippen molar-refractivity contribution in [2.24, 2.45) is 4.99 Å². The highest BCUT2D eigenvalue weighted by molar-refractivity contribution is 8.15. The molecule has 0 saturated carbocycles. The zero-order valence-corrected chi connectivity index (χ0v) is 19.8. The Morgan fingerprint density at radius 2 is 1.81 bits per heavy atom. The van der Waals surface area contributed by atoms with Crippen molar-refractivity contribution in [1.82, 2.24) is 4.90 Å². The first kappa shape index (κ1) is 24.1. The van der Waals surface area contributed by atoms with E-state index in [4.69, 9.17) is 27.9 Å². The number of ether oxygens (including phenoxy) is 1. The Morgan fingerprint density at radius 1 is 1.16 bits per heavy atom. The number of rotatable bonds is 6. The summed E-state index contributed by atoms with van der Waals surface area (Å²) in [7, 11) is 0. The molecule has 0 spiro atoms. The highest BCUT2D eigenvalue weighted by atomic mass is 35.5. The quantitative estimate of drug-likeness (QED) is 0.562. The predicted octanol–water partition coefficient (Wildman–Crippen LogP) is 5.15. The number of halogens is 2. The molecule has 168 valence electrons. The molecule has 1 saturated heterocycles. The van der Waals surface area contributed by atoms with Gasteiger partial charge in [0.25, 0.3) is 0 Å². The molecule has 2 amide bonds. The summed E-state index contributed by atoms with van der Waals surface area (Å²) in [6.45, 7) is 4.27. The molecule has 2 aromatic carbocycles. The van der Waals surface area contributed by atoms with Crippen LogP contribution in [-0.4, -0.2) is 46.3 Å². The molecule has 1 fully saturated rings. The van der Waals surface area contributed by atoms with Crippen LogP contribution in [0.4, 0.5) is 11.4 Å². The van der Waals surface area contributed by atoms with Crippen LogP contribution in [0.1, 0.15) is 30.6 Å². The molecule has 3 rings (SSSR count). The van der Waals surface area contributed by atoms with Crippen molar-refractivity contribution in [3.63, 3.8) is 0 Å². The van der Waals surface area contributed by atoms with Crippen LogP contribution in [0.5, 0.6) is 0 Å². The summed E-state index contributed by atoms with van der Waals surface area (Å²) in [5, 5.41) is 3.37. The number of amides is 2. The van der Waals surface area contributed by atoms with Gasteiger partial charge in [-0.3, -0.25) is 14.5 Å². The molecular formula is C22H21Cl2N3O4S. The summed E-state index contributed by atoms with van der Waals surface area (Å²) in [4.78, 5) is 43.3. The van der Waals surface area contributed by atoms with Crippen molar-refractivity contribution in [2.75, 3.05) is 18.5 Å². The average Bonchev–Trinajstić information content (AvgIpc) is 2.73. The van der Waals surface area contributed by atoms with E-state index >= 15 is 0 Å². The fourth-order valence-corrected chi connectivity index (χ4v) is 4.67. The number of thioether (sulfide) groups is 1. The Morgan fingerprint density at radius 3 is 2.41 bits per heavy atom.